The number of rotatable bonds is 7. The van der Waals surface area contributed by atoms with Crippen LogP contribution in [-0.4, -0.2) is 21.6 Å². The first-order valence-corrected chi connectivity index (χ1v) is 10.6. The van der Waals surface area contributed by atoms with Gasteiger partial charge in [0.25, 0.3) is 11.8 Å². The fourth-order valence-electron chi connectivity index (χ4n) is 3.14. The van der Waals surface area contributed by atoms with Gasteiger partial charge >= 0.3 is 0 Å². The quantitative estimate of drug-likeness (QED) is 0.399. The summed E-state index contributed by atoms with van der Waals surface area (Å²) in [5, 5.41) is 10.1. The van der Waals surface area contributed by atoms with E-state index in [1.54, 1.807) is 37.4 Å². The Balaban J connectivity index is 1.41. The molecule has 2 amide bonds. The van der Waals surface area contributed by atoms with Gasteiger partial charge < -0.3 is 15.4 Å². The number of nitrogens with one attached hydrogen (secondary N) is 2. The number of aromatic nitrogens is 2. The van der Waals surface area contributed by atoms with Crippen molar-refractivity contribution in [3.63, 3.8) is 0 Å². The van der Waals surface area contributed by atoms with Gasteiger partial charge in [-0.3, -0.25) is 14.3 Å². The SMILES string of the molecule is Cn1nc(C(=O)Nc2cccc(COc3ccccc3)c2)cc1NC(=O)c1ccccc1Cl. The Morgan fingerprint density at radius 3 is 2.45 bits per heavy atom. The molecular weight excluding hydrogens is 440 g/mol. The highest BCUT2D eigenvalue weighted by Gasteiger charge is 2.17. The van der Waals surface area contributed by atoms with E-state index in [2.05, 4.69) is 15.7 Å². The van der Waals surface area contributed by atoms with Gasteiger partial charge in [0.15, 0.2) is 5.69 Å². The molecule has 166 valence electrons. The van der Waals surface area contributed by atoms with Crippen molar-refractivity contribution in [2.75, 3.05) is 10.6 Å². The van der Waals surface area contributed by atoms with Gasteiger partial charge in [-0.15, -0.1) is 0 Å². The average Bonchev–Trinajstić information content (AvgIpc) is 3.19. The molecule has 1 heterocycles. The first kappa shape index (κ1) is 22.1. The molecule has 0 fully saturated rings. The molecule has 0 saturated heterocycles. The largest absolute Gasteiger partial charge is 0.489 e. The van der Waals surface area contributed by atoms with Crippen LogP contribution in [0.1, 0.15) is 26.4 Å². The summed E-state index contributed by atoms with van der Waals surface area (Å²) < 4.78 is 7.18. The summed E-state index contributed by atoms with van der Waals surface area (Å²) in [4.78, 5) is 25.2. The molecular formula is C25H21ClN4O3. The normalized spacial score (nSPS) is 10.5. The van der Waals surface area contributed by atoms with Gasteiger partial charge in [0.2, 0.25) is 0 Å². The molecule has 0 aliphatic heterocycles. The van der Waals surface area contributed by atoms with Crippen molar-refractivity contribution in [3.8, 4) is 5.75 Å². The predicted molar refractivity (Wildman–Crippen MR) is 128 cm³/mol. The highest BCUT2D eigenvalue weighted by Crippen LogP contribution is 2.19. The lowest BCUT2D eigenvalue weighted by Gasteiger charge is -2.08. The number of hydrogen-bond donors (Lipinski definition) is 2. The van der Waals surface area contributed by atoms with Crippen LogP contribution in [-0.2, 0) is 13.7 Å². The van der Waals surface area contributed by atoms with Crippen molar-refractivity contribution in [2.45, 2.75) is 6.61 Å². The van der Waals surface area contributed by atoms with E-state index in [1.165, 1.54) is 10.7 Å². The molecule has 1 aromatic heterocycles. The number of halogens is 1. The van der Waals surface area contributed by atoms with Crippen LogP contribution in [0.3, 0.4) is 0 Å². The van der Waals surface area contributed by atoms with E-state index in [1.807, 2.05) is 48.5 Å². The monoisotopic (exact) mass is 460 g/mol. The number of amides is 2. The number of carbonyl (C=O) groups is 2. The second kappa shape index (κ2) is 10.0. The number of para-hydroxylation sites is 1. The molecule has 7 nitrogen and oxygen atoms in total. The maximum Gasteiger partial charge on any atom is 0.276 e. The van der Waals surface area contributed by atoms with E-state index in [0.29, 0.717) is 28.7 Å². The van der Waals surface area contributed by atoms with Gasteiger partial charge in [-0.2, -0.15) is 5.10 Å². The summed E-state index contributed by atoms with van der Waals surface area (Å²) in [6, 6.07) is 25.1. The van der Waals surface area contributed by atoms with Crippen LogP contribution in [0.5, 0.6) is 5.75 Å². The third-order valence-corrected chi connectivity index (χ3v) is 5.14. The van der Waals surface area contributed by atoms with Crippen molar-refractivity contribution < 1.29 is 14.3 Å². The Kier molecular flexibility index (Phi) is 6.71. The summed E-state index contributed by atoms with van der Waals surface area (Å²) in [5.41, 5.74) is 2.02. The van der Waals surface area contributed by atoms with Crippen LogP contribution in [0.15, 0.2) is 84.9 Å². The van der Waals surface area contributed by atoms with Crippen molar-refractivity contribution in [2.24, 2.45) is 7.05 Å². The summed E-state index contributed by atoms with van der Waals surface area (Å²) in [6.07, 6.45) is 0. The minimum absolute atomic E-state index is 0.165. The molecule has 4 aromatic rings. The molecule has 0 unspecified atom stereocenters. The van der Waals surface area contributed by atoms with E-state index in [-0.39, 0.29) is 11.6 Å². The molecule has 0 bridgehead atoms. The molecule has 0 aliphatic rings. The third kappa shape index (κ3) is 5.58. The standard InChI is InChI=1S/C25H21ClN4O3/c1-30-23(28-24(31)20-12-5-6-13-21(20)26)15-22(29-30)25(32)27-18-9-7-8-17(14-18)16-33-19-10-3-2-4-11-19/h2-15H,16H2,1H3,(H,27,32)(H,28,31). The van der Waals surface area contributed by atoms with Crippen LogP contribution in [0.25, 0.3) is 0 Å². The number of hydrogen-bond acceptors (Lipinski definition) is 4. The van der Waals surface area contributed by atoms with Crippen molar-refractivity contribution in [1.82, 2.24) is 9.78 Å². The van der Waals surface area contributed by atoms with E-state index in [0.717, 1.165) is 11.3 Å². The number of carbonyl (C=O) groups excluding carboxylic acids is 2. The summed E-state index contributed by atoms with van der Waals surface area (Å²) in [6.45, 7) is 0.371. The molecule has 0 aliphatic carbocycles. The van der Waals surface area contributed by atoms with Gasteiger partial charge in [0.05, 0.1) is 10.6 Å². The van der Waals surface area contributed by atoms with Crippen molar-refractivity contribution in [1.29, 1.82) is 0 Å². The number of nitrogens with zero attached hydrogens (tertiary/aromatic N) is 2. The number of benzene rings is 3. The Morgan fingerprint density at radius 1 is 0.909 bits per heavy atom. The average molecular weight is 461 g/mol. The minimum Gasteiger partial charge on any atom is -0.489 e. The zero-order valence-corrected chi connectivity index (χ0v) is 18.5. The molecule has 0 atom stereocenters. The highest BCUT2D eigenvalue weighted by molar-refractivity contribution is 6.34. The van der Waals surface area contributed by atoms with Crippen LogP contribution in [0, 0.1) is 0 Å². The fourth-order valence-corrected chi connectivity index (χ4v) is 3.36. The number of ether oxygens (including phenoxy) is 1. The lowest BCUT2D eigenvalue weighted by atomic mass is 10.2. The van der Waals surface area contributed by atoms with Gasteiger partial charge in [-0.25, -0.2) is 0 Å². The molecule has 8 heteroatoms. The Bertz CT molecular complexity index is 1290. The maximum absolute atomic E-state index is 12.7. The van der Waals surface area contributed by atoms with Gasteiger partial charge in [-0.05, 0) is 42.0 Å². The molecule has 3 aromatic carbocycles. The predicted octanol–water partition coefficient (Wildman–Crippen LogP) is 5.16. The first-order valence-electron chi connectivity index (χ1n) is 10.2. The summed E-state index contributed by atoms with van der Waals surface area (Å²) in [7, 11) is 1.64. The van der Waals surface area contributed by atoms with Crippen LogP contribution in [0.2, 0.25) is 5.02 Å². The van der Waals surface area contributed by atoms with Crippen LogP contribution in [0.4, 0.5) is 11.5 Å². The lowest BCUT2D eigenvalue weighted by Crippen LogP contribution is -2.14. The fraction of sp³-hybridized carbons (Fsp3) is 0.0800. The van der Waals surface area contributed by atoms with E-state index in [4.69, 9.17) is 16.3 Å². The Labute approximate surface area is 196 Å². The first-order chi connectivity index (χ1) is 16.0. The van der Waals surface area contributed by atoms with Crippen molar-refractivity contribution in [3.05, 3.63) is 107 Å². The van der Waals surface area contributed by atoms with Gasteiger partial charge in [0.1, 0.15) is 18.2 Å². The topological polar surface area (TPSA) is 85.2 Å². The number of anilines is 2. The van der Waals surface area contributed by atoms with Crippen LogP contribution < -0.4 is 15.4 Å². The van der Waals surface area contributed by atoms with E-state index < -0.39 is 5.91 Å². The molecule has 4 rings (SSSR count). The molecule has 33 heavy (non-hydrogen) atoms. The zero-order valence-electron chi connectivity index (χ0n) is 17.8. The lowest BCUT2D eigenvalue weighted by molar-refractivity contribution is 0.101. The maximum atomic E-state index is 12.7. The zero-order chi connectivity index (χ0) is 23.2. The van der Waals surface area contributed by atoms with Gasteiger partial charge in [-0.1, -0.05) is 54.1 Å². The van der Waals surface area contributed by atoms with Gasteiger partial charge in [0, 0.05) is 18.8 Å². The summed E-state index contributed by atoms with van der Waals surface area (Å²) >= 11 is 6.08. The third-order valence-electron chi connectivity index (χ3n) is 4.81. The molecule has 2 N–H and O–H groups in total. The van der Waals surface area contributed by atoms with Crippen molar-refractivity contribution >= 4 is 34.9 Å². The Morgan fingerprint density at radius 2 is 1.67 bits per heavy atom. The molecule has 0 spiro atoms. The second-order valence-corrected chi connectivity index (χ2v) is 7.64. The highest BCUT2D eigenvalue weighted by atomic mass is 35.5. The van der Waals surface area contributed by atoms with Crippen LogP contribution >= 0.6 is 11.6 Å². The van der Waals surface area contributed by atoms with E-state index >= 15 is 0 Å². The number of aryl methyl sites for hydroxylation is 1. The van der Waals surface area contributed by atoms with E-state index in [9.17, 15) is 9.59 Å². The molecule has 0 saturated carbocycles. The second-order valence-electron chi connectivity index (χ2n) is 7.23. The minimum atomic E-state index is -0.398. The molecule has 0 radical (unpaired) electrons. The smallest absolute Gasteiger partial charge is 0.276 e. The Hall–Kier alpha value is -4.10. The summed E-state index contributed by atoms with van der Waals surface area (Å²) in [5.74, 6) is 0.355.